The van der Waals surface area contributed by atoms with Crippen LogP contribution in [0.4, 0.5) is 0 Å². The number of nitrogens with one attached hydrogen (secondary N) is 1. The average Bonchev–Trinajstić information content (AvgIpc) is 2.86. The number of ether oxygens (including phenoxy) is 1. The molecule has 2 heterocycles. The summed E-state index contributed by atoms with van der Waals surface area (Å²) in [4.78, 5) is 30.6. The van der Waals surface area contributed by atoms with Crippen molar-refractivity contribution in [3.8, 4) is 17.7 Å². The summed E-state index contributed by atoms with van der Waals surface area (Å²) in [5, 5.41) is 12.9. The number of nitriles is 1. The predicted octanol–water partition coefficient (Wildman–Crippen LogP) is 4.71. The monoisotopic (exact) mass is 484 g/mol. The molecule has 1 N–H and O–H groups in total. The van der Waals surface area contributed by atoms with E-state index in [1.165, 1.54) is 10.5 Å². The molecule has 8 heteroatoms. The average molecular weight is 485 g/mol. The van der Waals surface area contributed by atoms with Gasteiger partial charge in [-0.05, 0) is 60.9 Å². The van der Waals surface area contributed by atoms with Crippen molar-refractivity contribution in [3.63, 3.8) is 0 Å². The molecule has 0 atom stereocenters. The molecular weight excluding hydrogens is 464 g/mol. The van der Waals surface area contributed by atoms with Gasteiger partial charge in [0, 0.05) is 17.8 Å². The van der Waals surface area contributed by atoms with Gasteiger partial charge < -0.3 is 10.1 Å². The van der Waals surface area contributed by atoms with Crippen LogP contribution in [0.5, 0.6) is 11.6 Å². The van der Waals surface area contributed by atoms with E-state index in [0.717, 1.165) is 11.1 Å². The largest absolute Gasteiger partial charge is 0.438 e. The quantitative estimate of drug-likeness (QED) is 0.302. The molecule has 0 spiro atoms. The number of rotatable bonds is 7. The summed E-state index contributed by atoms with van der Waals surface area (Å²) >= 11 is 5.96. The minimum Gasteiger partial charge on any atom is -0.438 e. The number of benzene rings is 2. The Balaban J connectivity index is 1.70. The number of hydrogen-bond donors (Lipinski definition) is 1. The number of nitrogens with zero attached hydrogens (tertiary/aromatic N) is 3. The minimum atomic E-state index is -0.588. The Bertz CT molecular complexity index is 1500. The van der Waals surface area contributed by atoms with E-state index in [2.05, 4.69) is 10.3 Å². The first-order valence-corrected chi connectivity index (χ1v) is 11.2. The molecule has 0 unspecified atom stereocenters. The summed E-state index contributed by atoms with van der Waals surface area (Å²) in [6, 6.07) is 21.7. The third kappa shape index (κ3) is 5.57. The van der Waals surface area contributed by atoms with Crippen LogP contribution in [0.25, 0.3) is 11.7 Å². The predicted molar refractivity (Wildman–Crippen MR) is 134 cm³/mol. The van der Waals surface area contributed by atoms with E-state index < -0.39 is 11.5 Å². The molecule has 4 rings (SSSR count). The standard InChI is InChI=1S/C27H21ClN4O3/c1-18-6-5-15-32-24(18)31-26(35-22-11-9-21(28)10-12-22)23(27(32)34)16-20(17-29)25(33)30-14-13-19-7-3-2-4-8-19/h2-12,15-16H,13-14H2,1H3,(H,30,33)/b20-16+. The van der Waals surface area contributed by atoms with Crippen LogP contribution in [0.2, 0.25) is 5.02 Å². The fourth-order valence-corrected chi connectivity index (χ4v) is 3.59. The van der Waals surface area contributed by atoms with Crippen molar-refractivity contribution < 1.29 is 9.53 Å². The van der Waals surface area contributed by atoms with E-state index in [9.17, 15) is 14.9 Å². The SMILES string of the molecule is Cc1cccn2c(=O)c(/C=C(\C#N)C(=O)NCCc3ccccc3)c(Oc3ccc(Cl)cc3)nc12. The van der Waals surface area contributed by atoms with Gasteiger partial charge in [0.2, 0.25) is 5.88 Å². The summed E-state index contributed by atoms with van der Waals surface area (Å²) in [7, 11) is 0. The van der Waals surface area contributed by atoms with Crippen LogP contribution in [0, 0.1) is 18.3 Å². The maximum Gasteiger partial charge on any atom is 0.269 e. The maximum absolute atomic E-state index is 13.4. The highest BCUT2D eigenvalue weighted by atomic mass is 35.5. The first-order valence-electron chi connectivity index (χ1n) is 10.9. The fourth-order valence-electron chi connectivity index (χ4n) is 3.46. The molecule has 1 amide bonds. The molecule has 0 saturated heterocycles. The highest BCUT2D eigenvalue weighted by Crippen LogP contribution is 2.25. The van der Waals surface area contributed by atoms with Crippen LogP contribution in [-0.2, 0) is 11.2 Å². The first kappa shape index (κ1) is 23.7. The normalized spacial score (nSPS) is 11.2. The second-order valence-electron chi connectivity index (χ2n) is 7.74. The number of amides is 1. The molecule has 0 aliphatic carbocycles. The lowest BCUT2D eigenvalue weighted by atomic mass is 10.1. The van der Waals surface area contributed by atoms with Crippen LogP contribution < -0.4 is 15.6 Å². The van der Waals surface area contributed by atoms with Crippen molar-refractivity contribution in [2.75, 3.05) is 6.54 Å². The van der Waals surface area contributed by atoms with Gasteiger partial charge in [-0.2, -0.15) is 10.2 Å². The van der Waals surface area contributed by atoms with Gasteiger partial charge in [0.1, 0.15) is 28.6 Å². The van der Waals surface area contributed by atoms with Gasteiger partial charge in [0.25, 0.3) is 11.5 Å². The fraction of sp³-hybridized carbons (Fsp3) is 0.111. The number of pyridine rings is 1. The molecule has 0 aliphatic rings. The van der Waals surface area contributed by atoms with Crippen LogP contribution in [0.15, 0.2) is 83.3 Å². The van der Waals surface area contributed by atoms with Gasteiger partial charge in [-0.15, -0.1) is 0 Å². The Morgan fingerprint density at radius 2 is 1.89 bits per heavy atom. The second-order valence-corrected chi connectivity index (χ2v) is 8.17. The van der Waals surface area contributed by atoms with Crippen molar-refractivity contribution in [2.24, 2.45) is 0 Å². The van der Waals surface area contributed by atoms with Crippen LogP contribution in [-0.4, -0.2) is 21.8 Å². The lowest BCUT2D eigenvalue weighted by Gasteiger charge is -2.11. The van der Waals surface area contributed by atoms with Gasteiger partial charge >= 0.3 is 0 Å². The Morgan fingerprint density at radius 1 is 1.14 bits per heavy atom. The lowest BCUT2D eigenvalue weighted by Crippen LogP contribution is -2.27. The van der Waals surface area contributed by atoms with Crippen molar-refractivity contribution in [1.29, 1.82) is 5.26 Å². The van der Waals surface area contributed by atoms with E-state index in [1.807, 2.05) is 49.4 Å². The highest BCUT2D eigenvalue weighted by molar-refractivity contribution is 6.30. The molecular formula is C27H21ClN4O3. The molecule has 4 aromatic rings. The molecule has 0 bridgehead atoms. The second kappa shape index (κ2) is 10.7. The third-order valence-corrected chi connectivity index (χ3v) is 5.53. The van der Waals surface area contributed by atoms with E-state index in [0.29, 0.717) is 29.4 Å². The Kier molecular flexibility index (Phi) is 7.24. The number of fused-ring (bicyclic) bond motifs is 1. The van der Waals surface area contributed by atoms with Gasteiger partial charge in [-0.25, -0.2) is 0 Å². The zero-order valence-electron chi connectivity index (χ0n) is 18.9. The summed E-state index contributed by atoms with van der Waals surface area (Å²) in [6.45, 7) is 2.16. The number of aromatic nitrogens is 2. The highest BCUT2D eigenvalue weighted by Gasteiger charge is 2.18. The summed E-state index contributed by atoms with van der Waals surface area (Å²) < 4.78 is 7.26. The molecule has 0 saturated carbocycles. The summed E-state index contributed by atoms with van der Waals surface area (Å²) in [6.07, 6.45) is 3.40. The smallest absolute Gasteiger partial charge is 0.269 e. The molecule has 0 fully saturated rings. The van der Waals surface area contributed by atoms with Gasteiger partial charge in [-0.3, -0.25) is 14.0 Å². The Morgan fingerprint density at radius 3 is 2.60 bits per heavy atom. The number of aryl methyl sites for hydroxylation is 1. The Labute approximate surface area is 206 Å². The van der Waals surface area contributed by atoms with Gasteiger partial charge in [0.05, 0.1) is 0 Å². The van der Waals surface area contributed by atoms with Crippen LogP contribution in [0.3, 0.4) is 0 Å². The van der Waals surface area contributed by atoms with E-state index in [1.54, 1.807) is 36.5 Å². The van der Waals surface area contributed by atoms with Crippen molar-refractivity contribution in [2.45, 2.75) is 13.3 Å². The van der Waals surface area contributed by atoms with Crippen LogP contribution in [0.1, 0.15) is 16.7 Å². The van der Waals surface area contributed by atoms with E-state index in [-0.39, 0.29) is 17.0 Å². The zero-order valence-corrected chi connectivity index (χ0v) is 19.6. The molecule has 174 valence electrons. The molecule has 7 nitrogen and oxygen atoms in total. The van der Waals surface area contributed by atoms with Crippen molar-refractivity contribution >= 4 is 29.2 Å². The first-order chi connectivity index (χ1) is 17.0. The van der Waals surface area contributed by atoms with Gasteiger partial charge in [0.15, 0.2) is 0 Å². The van der Waals surface area contributed by atoms with Crippen molar-refractivity contribution in [1.82, 2.24) is 14.7 Å². The summed E-state index contributed by atoms with van der Waals surface area (Å²) in [5.41, 5.74) is 1.52. The molecule has 0 radical (unpaired) electrons. The summed E-state index contributed by atoms with van der Waals surface area (Å²) in [5.74, 6) is -0.203. The topological polar surface area (TPSA) is 96.5 Å². The van der Waals surface area contributed by atoms with E-state index >= 15 is 0 Å². The third-order valence-electron chi connectivity index (χ3n) is 5.27. The van der Waals surface area contributed by atoms with Gasteiger partial charge in [-0.1, -0.05) is 48.0 Å². The zero-order chi connectivity index (χ0) is 24.8. The number of halogens is 1. The maximum atomic E-state index is 13.4. The molecule has 0 aliphatic heterocycles. The van der Waals surface area contributed by atoms with E-state index in [4.69, 9.17) is 16.3 Å². The Hall–Kier alpha value is -4.41. The number of carbonyl (C=O) groups excluding carboxylic acids is 1. The van der Waals surface area contributed by atoms with Crippen molar-refractivity contribution in [3.05, 3.63) is 111 Å². The lowest BCUT2D eigenvalue weighted by molar-refractivity contribution is -0.117. The number of hydrogen-bond acceptors (Lipinski definition) is 5. The molecule has 2 aromatic carbocycles. The number of carbonyl (C=O) groups is 1. The molecule has 35 heavy (non-hydrogen) atoms. The van der Waals surface area contributed by atoms with Crippen LogP contribution >= 0.6 is 11.6 Å². The molecule has 2 aromatic heterocycles. The minimum absolute atomic E-state index is 0.0159.